The van der Waals surface area contributed by atoms with Gasteiger partial charge in [-0.2, -0.15) is 5.10 Å². The highest BCUT2D eigenvalue weighted by Crippen LogP contribution is 2.26. The van der Waals surface area contributed by atoms with Crippen LogP contribution in [0, 0.1) is 0 Å². The Bertz CT molecular complexity index is 1580. The monoisotopic (exact) mass is 506 g/mol. The molecule has 0 unspecified atom stereocenters. The van der Waals surface area contributed by atoms with Crippen LogP contribution < -0.4 is 20.5 Å². The number of benzene rings is 4. The van der Waals surface area contributed by atoms with Gasteiger partial charge < -0.3 is 20.5 Å². The van der Waals surface area contributed by atoms with E-state index < -0.39 is 5.91 Å². The van der Waals surface area contributed by atoms with Crippen molar-refractivity contribution < 1.29 is 19.1 Å². The van der Waals surface area contributed by atoms with Gasteiger partial charge in [0.15, 0.2) is 5.69 Å². The van der Waals surface area contributed by atoms with Gasteiger partial charge in [-0.15, -0.1) is 0 Å². The van der Waals surface area contributed by atoms with Crippen molar-refractivity contribution >= 4 is 28.4 Å². The van der Waals surface area contributed by atoms with Crippen LogP contribution in [0.5, 0.6) is 11.5 Å². The van der Waals surface area contributed by atoms with E-state index in [1.165, 1.54) is 0 Å². The zero-order valence-electron chi connectivity index (χ0n) is 20.8. The van der Waals surface area contributed by atoms with Crippen molar-refractivity contribution in [3.63, 3.8) is 0 Å². The number of nitrogens with two attached hydrogens (primary N) is 1. The molecular weight excluding hydrogens is 480 g/mol. The Morgan fingerprint density at radius 2 is 1.58 bits per heavy atom. The average molecular weight is 507 g/mol. The molecule has 0 aliphatic heterocycles. The lowest BCUT2D eigenvalue weighted by Crippen LogP contribution is -2.15. The van der Waals surface area contributed by atoms with Crippen LogP contribution in [0.15, 0.2) is 97.1 Å². The van der Waals surface area contributed by atoms with Crippen LogP contribution in [0.4, 0.5) is 5.69 Å². The maximum absolute atomic E-state index is 13.2. The minimum atomic E-state index is -0.532. The predicted molar refractivity (Wildman–Crippen MR) is 146 cm³/mol. The molecule has 0 aliphatic carbocycles. The first-order chi connectivity index (χ1) is 18.5. The lowest BCUT2D eigenvalue weighted by molar-refractivity contribution is 0.0998. The van der Waals surface area contributed by atoms with Crippen molar-refractivity contribution in [2.45, 2.75) is 13.2 Å². The molecule has 0 radical (unpaired) electrons. The number of hydrogen-bond donors (Lipinski definition) is 2. The molecule has 190 valence electrons. The van der Waals surface area contributed by atoms with Gasteiger partial charge in [0.25, 0.3) is 5.91 Å². The molecule has 0 bridgehead atoms. The van der Waals surface area contributed by atoms with Gasteiger partial charge in [0.2, 0.25) is 5.91 Å². The van der Waals surface area contributed by atoms with E-state index in [4.69, 9.17) is 15.2 Å². The Hall–Kier alpha value is -5.11. The molecule has 0 atom stereocenters. The highest BCUT2D eigenvalue weighted by Gasteiger charge is 2.19. The summed E-state index contributed by atoms with van der Waals surface area (Å²) in [5, 5.41) is 8.15. The summed E-state index contributed by atoms with van der Waals surface area (Å²) >= 11 is 0. The third kappa shape index (κ3) is 5.49. The zero-order valence-corrected chi connectivity index (χ0v) is 20.8. The van der Waals surface area contributed by atoms with Crippen molar-refractivity contribution in [3.05, 3.63) is 119 Å². The second-order valence-corrected chi connectivity index (χ2v) is 8.70. The lowest BCUT2D eigenvalue weighted by Gasteiger charge is -2.08. The van der Waals surface area contributed by atoms with E-state index in [9.17, 15) is 9.59 Å². The number of methoxy groups -OCH3 is 1. The number of anilines is 1. The molecular formula is C30H26N4O4. The zero-order chi connectivity index (χ0) is 26.5. The highest BCUT2D eigenvalue weighted by atomic mass is 16.5. The first-order valence-corrected chi connectivity index (χ1v) is 12.0. The number of carbonyl (C=O) groups is 2. The van der Waals surface area contributed by atoms with Crippen LogP contribution in [0.1, 0.15) is 32.0 Å². The number of hydrogen-bond acceptors (Lipinski definition) is 5. The summed E-state index contributed by atoms with van der Waals surface area (Å²) in [5.41, 5.74) is 9.35. The molecule has 0 aliphatic rings. The van der Waals surface area contributed by atoms with E-state index in [0.717, 1.165) is 22.4 Å². The molecule has 8 nitrogen and oxygen atoms in total. The summed E-state index contributed by atoms with van der Waals surface area (Å²) in [6.45, 7) is 0.956. The fraction of sp³-hybridized carbons (Fsp3) is 0.100. The van der Waals surface area contributed by atoms with Gasteiger partial charge in [-0.1, -0.05) is 42.5 Å². The number of ether oxygens (including phenoxy) is 2. The fourth-order valence-corrected chi connectivity index (χ4v) is 4.09. The van der Waals surface area contributed by atoms with E-state index in [1.807, 2.05) is 66.7 Å². The maximum atomic E-state index is 13.2. The smallest absolute Gasteiger partial charge is 0.276 e. The molecule has 1 heterocycles. The summed E-state index contributed by atoms with van der Waals surface area (Å²) in [4.78, 5) is 24.5. The second-order valence-electron chi connectivity index (χ2n) is 8.70. The van der Waals surface area contributed by atoms with E-state index in [1.54, 1.807) is 42.1 Å². The average Bonchev–Trinajstić information content (AvgIpc) is 3.31. The predicted octanol–water partition coefficient (Wildman–Crippen LogP) is 5.02. The normalized spacial score (nSPS) is 10.8. The van der Waals surface area contributed by atoms with E-state index in [0.29, 0.717) is 35.5 Å². The Morgan fingerprint density at radius 3 is 2.26 bits per heavy atom. The van der Waals surface area contributed by atoms with Gasteiger partial charge in [0, 0.05) is 16.6 Å². The Kier molecular flexibility index (Phi) is 7.04. The highest BCUT2D eigenvalue weighted by molar-refractivity contribution is 6.11. The second kappa shape index (κ2) is 10.9. The maximum Gasteiger partial charge on any atom is 0.276 e. The molecule has 1 aromatic heterocycles. The third-order valence-corrected chi connectivity index (χ3v) is 6.10. The number of nitrogens with zero attached hydrogens (tertiary/aromatic N) is 2. The molecule has 0 fully saturated rings. The molecule has 0 saturated heterocycles. The lowest BCUT2D eigenvalue weighted by atomic mass is 10.1. The topological polar surface area (TPSA) is 108 Å². The largest absolute Gasteiger partial charge is 0.497 e. The minimum Gasteiger partial charge on any atom is -0.497 e. The molecule has 5 rings (SSSR count). The minimum absolute atomic E-state index is 0.265. The first kappa shape index (κ1) is 24.6. The van der Waals surface area contributed by atoms with Crippen LogP contribution in [-0.4, -0.2) is 28.7 Å². The third-order valence-electron chi connectivity index (χ3n) is 6.10. The quantitative estimate of drug-likeness (QED) is 0.292. The Labute approximate surface area is 219 Å². The molecule has 5 aromatic rings. The van der Waals surface area contributed by atoms with Gasteiger partial charge in [-0.3, -0.25) is 14.3 Å². The molecule has 0 saturated carbocycles. The van der Waals surface area contributed by atoms with Crippen LogP contribution in [0.25, 0.3) is 10.9 Å². The Morgan fingerprint density at radius 1 is 0.868 bits per heavy atom. The van der Waals surface area contributed by atoms with Crippen LogP contribution in [0.2, 0.25) is 0 Å². The number of aromatic nitrogens is 2. The summed E-state index contributed by atoms with van der Waals surface area (Å²) in [6, 6.07) is 29.7. The number of carbonyl (C=O) groups excluding carboxylic acids is 2. The first-order valence-electron chi connectivity index (χ1n) is 12.0. The van der Waals surface area contributed by atoms with Gasteiger partial charge in [0.1, 0.15) is 18.1 Å². The van der Waals surface area contributed by atoms with Crippen LogP contribution >= 0.6 is 0 Å². The standard InChI is InChI=1S/C30H26N4O4/c1-37-25-15-16-27-26(17-25)28(30(36)32-23-11-9-22(10-12-23)29(31)35)33-34(27)18-20-7-13-24(14-8-20)38-19-21-5-3-2-4-6-21/h2-17H,18-19H2,1H3,(H2,31,35)(H,32,36). The summed E-state index contributed by atoms with van der Waals surface area (Å²) in [6.07, 6.45) is 0. The summed E-state index contributed by atoms with van der Waals surface area (Å²) < 4.78 is 13.1. The fourth-order valence-electron chi connectivity index (χ4n) is 4.09. The van der Waals surface area contributed by atoms with E-state index >= 15 is 0 Å². The summed E-state index contributed by atoms with van der Waals surface area (Å²) in [5.74, 6) is 0.487. The molecule has 38 heavy (non-hydrogen) atoms. The molecule has 8 heteroatoms. The summed E-state index contributed by atoms with van der Waals surface area (Å²) in [7, 11) is 1.58. The van der Waals surface area contributed by atoms with Crippen molar-refractivity contribution in [2.75, 3.05) is 12.4 Å². The molecule has 0 spiro atoms. The van der Waals surface area contributed by atoms with Gasteiger partial charge in [0.05, 0.1) is 19.2 Å². The Balaban J connectivity index is 1.36. The number of rotatable bonds is 9. The van der Waals surface area contributed by atoms with Gasteiger partial charge in [-0.05, 0) is 65.7 Å². The van der Waals surface area contributed by atoms with Gasteiger partial charge >= 0.3 is 0 Å². The van der Waals surface area contributed by atoms with Crippen molar-refractivity contribution in [3.8, 4) is 11.5 Å². The number of primary amides is 1. The molecule has 3 N–H and O–H groups in total. The number of amides is 2. The van der Waals surface area contributed by atoms with E-state index in [2.05, 4.69) is 10.4 Å². The van der Waals surface area contributed by atoms with Gasteiger partial charge in [-0.25, -0.2) is 0 Å². The van der Waals surface area contributed by atoms with Crippen LogP contribution in [0.3, 0.4) is 0 Å². The van der Waals surface area contributed by atoms with Crippen molar-refractivity contribution in [1.29, 1.82) is 0 Å². The molecule has 4 aromatic carbocycles. The molecule has 2 amide bonds. The van der Waals surface area contributed by atoms with Crippen molar-refractivity contribution in [2.24, 2.45) is 5.73 Å². The van der Waals surface area contributed by atoms with E-state index in [-0.39, 0.29) is 11.6 Å². The number of nitrogens with one attached hydrogen (secondary N) is 1. The van der Waals surface area contributed by atoms with Crippen LogP contribution in [-0.2, 0) is 13.2 Å². The SMILES string of the molecule is COc1ccc2c(c1)c(C(=O)Nc1ccc(C(N)=O)cc1)nn2Cc1ccc(OCc2ccccc2)cc1. The van der Waals surface area contributed by atoms with Crippen molar-refractivity contribution in [1.82, 2.24) is 9.78 Å². The number of fused-ring (bicyclic) bond motifs is 1.